The van der Waals surface area contributed by atoms with Crippen LogP contribution in [0.2, 0.25) is 0 Å². The van der Waals surface area contributed by atoms with Crippen molar-refractivity contribution in [3.8, 4) is 22.9 Å². The summed E-state index contributed by atoms with van der Waals surface area (Å²) in [5.41, 5.74) is 1.03. The van der Waals surface area contributed by atoms with E-state index in [1.165, 1.54) is 12.1 Å². The topological polar surface area (TPSA) is 92.3 Å². The van der Waals surface area contributed by atoms with E-state index in [1.54, 1.807) is 34.9 Å². The van der Waals surface area contributed by atoms with Gasteiger partial charge in [0.1, 0.15) is 23.3 Å². The van der Waals surface area contributed by atoms with Crippen molar-refractivity contribution in [1.82, 2.24) is 4.57 Å². The van der Waals surface area contributed by atoms with Crippen LogP contribution in [-0.2, 0) is 4.79 Å². The van der Waals surface area contributed by atoms with Gasteiger partial charge in [-0.1, -0.05) is 19.1 Å². The highest BCUT2D eigenvalue weighted by atomic mass is 19.1. The Bertz CT molecular complexity index is 1300. The molecule has 4 rings (SSSR count). The number of rotatable bonds is 9. The van der Waals surface area contributed by atoms with Crippen LogP contribution in [0.25, 0.3) is 21.9 Å². The third-order valence-electron chi connectivity index (χ3n) is 6.13. The lowest BCUT2D eigenvalue weighted by Crippen LogP contribution is -2.23. The summed E-state index contributed by atoms with van der Waals surface area (Å²) in [5, 5.41) is 20.1. The Hall–Kier alpha value is -3.66. The number of hydrogen-bond acceptors (Lipinski definition) is 4. The highest BCUT2D eigenvalue weighted by molar-refractivity contribution is 5.99. The van der Waals surface area contributed by atoms with Gasteiger partial charge in [0.25, 0.3) is 5.56 Å². The van der Waals surface area contributed by atoms with Crippen molar-refractivity contribution in [1.29, 1.82) is 5.26 Å². The van der Waals surface area contributed by atoms with Gasteiger partial charge in [-0.15, -0.1) is 0 Å². The van der Waals surface area contributed by atoms with Crippen LogP contribution in [0.5, 0.6) is 5.75 Å². The molecule has 1 fully saturated rings. The molecule has 0 radical (unpaired) electrons. The zero-order chi connectivity index (χ0) is 23.5. The molecule has 0 saturated heterocycles. The number of nitrogens with zero attached hydrogens (tertiary/aromatic N) is 2. The van der Waals surface area contributed by atoms with Crippen LogP contribution in [-0.4, -0.2) is 22.2 Å². The zero-order valence-electron chi connectivity index (χ0n) is 18.4. The van der Waals surface area contributed by atoms with E-state index >= 15 is 0 Å². The quantitative estimate of drug-likeness (QED) is 0.450. The van der Waals surface area contributed by atoms with Gasteiger partial charge >= 0.3 is 5.97 Å². The van der Waals surface area contributed by atoms with Gasteiger partial charge in [-0.05, 0) is 68.0 Å². The summed E-state index contributed by atoms with van der Waals surface area (Å²) in [7, 11) is 0. The molecule has 2 aromatic carbocycles. The van der Waals surface area contributed by atoms with Gasteiger partial charge in [0, 0.05) is 22.4 Å². The predicted octanol–water partition coefficient (Wildman–Crippen LogP) is 5.28. The summed E-state index contributed by atoms with van der Waals surface area (Å²) in [6.45, 7) is 2.17. The van der Waals surface area contributed by atoms with Crippen molar-refractivity contribution in [2.24, 2.45) is 5.92 Å². The molecule has 0 bridgehead atoms. The summed E-state index contributed by atoms with van der Waals surface area (Å²) >= 11 is 0. The first-order chi connectivity index (χ1) is 15.9. The van der Waals surface area contributed by atoms with Crippen molar-refractivity contribution in [3.63, 3.8) is 0 Å². The van der Waals surface area contributed by atoms with Gasteiger partial charge in [-0.3, -0.25) is 14.2 Å². The first-order valence-corrected chi connectivity index (χ1v) is 11.2. The molecule has 0 amide bonds. The average molecular weight is 448 g/mol. The van der Waals surface area contributed by atoms with Gasteiger partial charge in [0.2, 0.25) is 0 Å². The van der Waals surface area contributed by atoms with Crippen molar-refractivity contribution in [2.75, 3.05) is 6.61 Å². The fourth-order valence-electron chi connectivity index (χ4n) is 4.23. The molecule has 1 unspecified atom stereocenters. The molecule has 1 heterocycles. The Morgan fingerprint density at radius 2 is 2.06 bits per heavy atom. The van der Waals surface area contributed by atoms with Crippen LogP contribution < -0.4 is 10.3 Å². The van der Waals surface area contributed by atoms with Crippen LogP contribution in [0.1, 0.15) is 50.8 Å². The number of nitriles is 1. The van der Waals surface area contributed by atoms with Crippen molar-refractivity contribution in [2.45, 2.75) is 45.1 Å². The number of fused-ring (bicyclic) bond motifs is 1. The molecule has 1 aliphatic carbocycles. The summed E-state index contributed by atoms with van der Waals surface area (Å²) in [6.07, 6.45) is 3.31. The zero-order valence-corrected chi connectivity index (χ0v) is 18.4. The van der Waals surface area contributed by atoms with Crippen LogP contribution in [0.4, 0.5) is 4.39 Å². The Kier molecular flexibility index (Phi) is 6.45. The smallest absolute Gasteiger partial charge is 0.306 e. The molecule has 0 aliphatic heterocycles. The van der Waals surface area contributed by atoms with Crippen molar-refractivity contribution < 1.29 is 19.0 Å². The van der Waals surface area contributed by atoms with Gasteiger partial charge in [-0.2, -0.15) is 5.26 Å². The largest absolute Gasteiger partial charge is 0.494 e. The van der Waals surface area contributed by atoms with E-state index in [2.05, 4.69) is 6.07 Å². The van der Waals surface area contributed by atoms with Crippen LogP contribution >= 0.6 is 0 Å². The monoisotopic (exact) mass is 448 g/mol. The lowest BCUT2D eigenvalue weighted by molar-refractivity contribution is -0.142. The van der Waals surface area contributed by atoms with E-state index in [1.807, 2.05) is 6.92 Å². The molecular weight excluding hydrogens is 423 g/mol. The second-order valence-electron chi connectivity index (χ2n) is 8.39. The highest BCUT2D eigenvalue weighted by Gasteiger charge is 2.30. The molecule has 0 spiro atoms. The van der Waals surface area contributed by atoms with Crippen molar-refractivity contribution >= 4 is 16.7 Å². The third-order valence-corrected chi connectivity index (χ3v) is 6.13. The minimum absolute atomic E-state index is 0.0134. The van der Waals surface area contributed by atoms with Crippen molar-refractivity contribution in [3.05, 3.63) is 64.3 Å². The Balaban J connectivity index is 1.75. The third kappa shape index (κ3) is 4.61. The maximum absolute atomic E-state index is 14.1. The lowest BCUT2D eigenvalue weighted by atomic mass is 9.96. The minimum Gasteiger partial charge on any atom is -0.494 e. The summed E-state index contributed by atoms with van der Waals surface area (Å²) in [6, 6.07) is 13.3. The lowest BCUT2D eigenvalue weighted by Gasteiger charge is -2.17. The number of hydrogen-bond donors (Lipinski definition) is 1. The molecule has 1 saturated carbocycles. The van der Waals surface area contributed by atoms with Crippen LogP contribution in [0.15, 0.2) is 47.3 Å². The molecule has 1 N–H and O–H groups in total. The fourth-order valence-corrected chi connectivity index (χ4v) is 4.23. The summed E-state index contributed by atoms with van der Waals surface area (Å²) in [5.74, 6) is -1.12. The van der Waals surface area contributed by atoms with E-state index < -0.39 is 17.7 Å². The first-order valence-electron chi connectivity index (χ1n) is 11.2. The van der Waals surface area contributed by atoms with E-state index in [0.717, 1.165) is 12.8 Å². The highest BCUT2D eigenvalue weighted by Crippen LogP contribution is 2.39. The fraction of sp³-hybridized carbons (Fsp3) is 0.346. The van der Waals surface area contributed by atoms with Crippen LogP contribution in [0, 0.1) is 23.1 Å². The molecule has 6 nitrogen and oxygen atoms in total. The first kappa shape index (κ1) is 22.5. The van der Waals surface area contributed by atoms with Gasteiger partial charge < -0.3 is 9.84 Å². The van der Waals surface area contributed by atoms with Gasteiger partial charge in [-0.25, -0.2) is 4.39 Å². The molecule has 7 heteroatoms. The SMILES string of the molecule is CCC(CCCOc1ccc2c(=O)n(C3CC3)c(C#N)c(-c3cccc(F)c3)c2c1)C(=O)O. The van der Waals surface area contributed by atoms with E-state index in [-0.39, 0.29) is 17.3 Å². The number of aromatic nitrogens is 1. The Labute approximate surface area is 190 Å². The molecule has 170 valence electrons. The molecule has 3 aromatic rings. The molecule has 1 atom stereocenters. The van der Waals surface area contributed by atoms with Gasteiger partial charge in [0.15, 0.2) is 0 Å². The Morgan fingerprint density at radius 3 is 2.70 bits per heavy atom. The molecular formula is C26H25FN2O4. The number of carboxylic acid groups (broad SMARTS) is 1. The molecule has 1 aromatic heterocycles. The number of ether oxygens (including phenoxy) is 1. The summed E-state index contributed by atoms with van der Waals surface area (Å²) < 4.78 is 21.4. The molecule has 33 heavy (non-hydrogen) atoms. The maximum Gasteiger partial charge on any atom is 0.306 e. The number of pyridine rings is 1. The maximum atomic E-state index is 14.1. The molecule has 1 aliphatic rings. The average Bonchev–Trinajstić information content (AvgIpc) is 3.63. The number of benzene rings is 2. The van der Waals surface area contributed by atoms with E-state index in [4.69, 9.17) is 4.74 Å². The van der Waals surface area contributed by atoms with Gasteiger partial charge in [0.05, 0.1) is 12.5 Å². The number of halogens is 1. The standard InChI is InChI=1S/C26H25FN2O4/c1-2-16(26(31)32)6-4-12-33-20-10-11-21-22(14-20)24(17-5-3-7-18(27)13-17)23(15-28)29(25(21)30)19-8-9-19/h3,5,7,10-11,13-14,16,19H,2,4,6,8-9,12H2,1H3,(H,31,32). The predicted molar refractivity (Wildman–Crippen MR) is 123 cm³/mol. The summed E-state index contributed by atoms with van der Waals surface area (Å²) in [4.78, 5) is 24.4. The normalized spacial score (nSPS) is 14.1. The second kappa shape index (κ2) is 9.45. The number of carbonyl (C=O) groups is 1. The number of aliphatic carboxylic acids is 1. The minimum atomic E-state index is -0.807. The van der Waals surface area contributed by atoms with E-state index in [0.29, 0.717) is 53.5 Å². The Morgan fingerprint density at radius 1 is 1.27 bits per heavy atom. The number of carboxylic acids is 1. The van der Waals surface area contributed by atoms with Crippen LogP contribution in [0.3, 0.4) is 0 Å². The second-order valence-corrected chi connectivity index (χ2v) is 8.39. The van der Waals surface area contributed by atoms with E-state index in [9.17, 15) is 24.3 Å².